The fraction of sp³-hybridized carbons (Fsp3) is 0.429. The molecule has 0 aromatic heterocycles. The Labute approximate surface area is 144 Å². The van der Waals surface area contributed by atoms with Crippen LogP contribution in [0.2, 0.25) is 44.3 Å². The summed E-state index contributed by atoms with van der Waals surface area (Å²) in [5.74, 6) is 0. The van der Waals surface area contributed by atoms with Gasteiger partial charge in [0.05, 0.1) is 8.07 Å². The molecule has 122 valence electrons. The van der Waals surface area contributed by atoms with Gasteiger partial charge in [-0.3, -0.25) is 0 Å². The second-order valence-corrected chi connectivity index (χ2v) is 19.4. The minimum Gasteiger partial charge on any atom is -0.0803 e. The molecule has 2 heteroatoms. The molecule has 2 aliphatic rings. The highest BCUT2D eigenvalue weighted by Gasteiger charge is 2.44. The zero-order valence-corrected chi connectivity index (χ0v) is 17.5. The first-order valence-corrected chi connectivity index (χ1v) is 15.7. The fourth-order valence-corrected chi connectivity index (χ4v) is 9.96. The maximum Gasteiger partial charge on any atom is 0.0710 e. The van der Waals surface area contributed by atoms with Crippen molar-refractivity contribution in [3.63, 3.8) is 0 Å². The van der Waals surface area contributed by atoms with Crippen molar-refractivity contribution in [2.75, 3.05) is 0 Å². The second kappa shape index (κ2) is 5.75. The predicted molar refractivity (Wildman–Crippen MR) is 109 cm³/mol. The van der Waals surface area contributed by atoms with E-state index in [1.807, 2.05) is 0 Å². The van der Waals surface area contributed by atoms with E-state index in [2.05, 4.69) is 88.2 Å². The zero-order chi connectivity index (χ0) is 16.8. The molecule has 23 heavy (non-hydrogen) atoms. The molecule has 0 N–H and O–H groups in total. The van der Waals surface area contributed by atoms with Crippen molar-refractivity contribution in [2.24, 2.45) is 0 Å². The summed E-state index contributed by atoms with van der Waals surface area (Å²) in [5, 5.41) is 0. The molecular weight excluding hydrogens is 308 g/mol. The molecule has 0 bridgehead atoms. The van der Waals surface area contributed by atoms with Crippen LogP contribution in [0.15, 0.2) is 54.1 Å². The number of hydrogen-bond acceptors (Lipinski definition) is 0. The van der Waals surface area contributed by atoms with Crippen LogP contribution in [0, 0.1) is 0 Å². The largest absolute Gasteiger partial charge is 0.0803 e. The van der Waals surface area contributed by atoms with Gasteiger partial charge in [-0.1, -0.05) is 86.9 Å². The lowest BCUT2D eigenvalue weighted by Crippen LogP contribution is -2.38. The van der Waals surface area contributed by atoms with Crippen LogP contribution in [-0.4, -0.2) is 16.1 Å². The standard InChI is InChI=1S/C21H30Si2/c1-16-20(15-22(2,3)4)18-13-9-10-14-19(18)21(16)23(5,6)17-11-7-8-12-17/h7-14,17,21H,15H2,1-6H3. The molecule has 0 radical (unpaired) electrons. The van der Waals surface area contributed by atoms with Gasteiger partial charge in [-0.05, 0) is 35.2 Å². The van der Waals surface area contributed by atoms with E-state index >= 15 is 0 Å². The molecule has 0 fully saturated rings. The van der Waals surface area contributed by atoms with Crippen molar-refractivity contribution in [1.82, 2.24) is 0 Å². The van der Waals surface area contributed by atoms with Crippen molar-refractivity contribution < 1.29 is 0 Å². The third-order valence-corrected chi connectivity index (χ3v) is 11.3. The Morgan fingerprint density at radius 3 is 2.13 bits per heavy atom. The lowest BCUT2D eigenvalue weighted by molar-refractivity contribution is 1.03. The fourth-order valence-electron chi connectivity index (χ4n) is 4.49. The van der Waals surface area contributed by atoms with E-state index in [4.69, 9.17) is 0 Å². The van der Waals surface area contributed by atoms with Gasteiger partial charge in [0.2, 0.25) is 0 Å². The third-order valence-electron chi connectivity index (χ3n) is 5.56. The van der Waals surface area contributed by atoms with Crippen LogP contribution in [0.1, 0.15) is 23.6 Å². The van der Waals surface area contributed by atoms with Crippen LogP contribution in [0.3, 0.4) is 0 Å². The molecule has 0 nitrogen and oxygen atoms in total. The van der Waals surface area contributed by atoms with Crippen molar-refractivity contribution in [3.05, 3.63) is 65.3 Å². The van der Waals surface area contributed by atoms with Gasteiger partial charge in [0, 0.05) is 13.6 Å². The molecule has 0 saturated heterocycles. The van der Waals surface area contributed by atoms with E-state index in [1.165, 1.54) is 6.04 Å². The number of fused-ring (bicyclic) bond motifs is 1. The summed E-state index contributed by atoms with van der Waals surface area (Å²) < 4.78 is 0. The number of allylic oxidation sites excluding steroid dienone is 6. The van der Waals surface area contributed by atoms with Gasteiger partial charge in [-0.15, -0.1) is 0 Å². The van der Waals surface area contributed by atoms with Crippen LogP contribution in [0.5, 0.6) is 0 Å². The first-order chi connectivity index (χ1) is 10.7. The normalized spacial score (nSPS) is 21.4. The van der Waals surface area contributed by atoms with Gasteiger partial charge in [0.1, 0.15) is 0 Å². The summed E-state index contributed by atoms with van der Waals surface area (Å²) in [6, 6.07) is 10.5. The Balaban J connectivity index is 2.10. The zero-order valence-electron chi connectivity index (χ0n) is 15.5. The summed E-state index contributed by atoms with van der Waals surface area (Å²) in [6.07, 6.45) is 9.34. The van der Waals surface area contributed by atoms with Crippen molar-refractivity contribution in [2.45, 2.75) is 56.8 Å². The minimum atomic E-state index is -1.48. The smallest absolute Gasteiger partial charge is 0.0710 e. The first kappa shape index (κ1) is 16.7. The maximum absolute atomic E-state index is 2.58. The van der Waals surface area contributed by atoms with E-state index in [0.29, 0.717) is 11.1 Å². The summed E-state index contributed by atoms with van der Waals surface area (Å²) in [5.41, 5.74) is 7.87. The van der Waals surface area contributed by atoms with Gasteiger partial charge in [-0.25, -0.2) is 0 Å². The lowest BCUT2D eigenvalue weighted by atomic mass is 10.1. The van der Waals surface area contributed by atoms with E-state index in [-0.39, 0.29) is 0 Å². The van der Waals surface area contributed by atoms with E-state index in [1.54, 1.807) is 22.3 Å². The SMILES string of the molecule is CC1=C(C[Si](C)(C)C)c2ccccc2C1[Si](C)(C)C1C=CC=C1. The molecule has 1 aromatic rings. The average molecular weight is 339 g/mol. The Hall–Kier alpha value is -1.13. The highest BCUT2D eigenvalue weighted by atomic mass is 28.3. The molecule has 1 unspecified atom stereocenters. The van der Waals surface area contributed by atoms with Crippen LogP contribution in [-0.2, 0) is 0 Å². The molecule has 2 aliphatic carbocycles. The average Bonchev–Trinajstić information content (AvgIpc) is 3.06. The van der Waals surface area contributed by atoms with Crippen LogP contribution >= 0.6 is 0 Å². The Bertz CT molecular complexity index is 687. The van der Waals surface area contributed by atoms with Gasteiger partial charge in [-0.2, -0.15) is 0 Å². The summed E-state index contributed by atoms with van der Waals surface area (Å²) >= 11 is 0. The van der Waals surface area contributed by atoms with Crippen LogP contribution in [0.4, 0.5) is 0 Å². The molecule has 0 spiro atoms. The van der Waals surface area contributed by atoms with Gasteiger partial charge < -0.3 is 0 Å². The van der Waals surface area contributed by atoms with E-state index in [9.17, 15) is 0 Å². The van der Waals surface area contributed by atoms with Crippen molar-refractivity contribution >= 4 is 21.7 Å². The van der Waals surface area contributed by atoms with Gasteiger partial charge >= 0.3 is 0 Å². The highest BCUT2D eigenvalue weighted by molar-refractivity contribution is 6.82. The second-order valence-electron chi connectivity index (χ2n) is 9.04. The summed E-state index contributed by atoms with van der Waals surface area (Å²) in [7, 11) is -2.61. The Morgan fingerprint density at radius 1 is 0.913 bits per heavy atom. The molecule has 0 saturated carbocycles. The number of benzene rings is 1. The molecule has 3 rings (SSSR count). The van der Waals surface area contributed by atoms with Crippen molar-refractivity contribution in [3.8, 4) is 0 Å². The quantitative estimate of drug-likeness (QED) is 0.540. The summed E-state index contributed by atoms with van der Waals surface area (Å²) in [4.78, 5) is 0. The molecule has 0 amide bonds. The number of hydrogen-bond donors (Lipinski definition) is 0. The van der Waals surface area contributed by atoms with E-state index in [0.717, 1.165) is 0 Å². The first-order valence-electron chi connectivity index (χ1n) is 8.86. The molecular formula is C21H30Si2. The topological polar surface area (TPSA) is 0 Å². The van der Waals surface area contributed by atoms with Crippen molar-refractivity contribution in [1.29, 1.82) is 0 Å². The van der Waals surface area contributed by atoms with Crippen LogP contribution in [0.25, 0.3) is 5.57 Å². The molecule has 0 heterocycles. The molecule has 1 aromatic carbocycles. The summed E-state index contributed by atoms with van der Waals surface area (Å²) in [6.45, 7) is 15.1. The lowest BCUT2D eigenvalue weighted by Gasteiger charge is -2.36. The molecule has 1 atom stereocenters. The Kier molecular flexibility index (Phi) is 4.18. The Morgan fingerprint density at radius 2 is 1.52 bits per heavy atom. The minimum absolute atomic E-state index is 0.668. The third kappa shape index (κ3) is 2.99. The number of rotatable bonds is 4. The van der Waals surface area contributed by atoms with Gasteiger partial charge in [0.25, 0.3) is 0 Å². The predicted octanol–water partition coefficient (Wildman–Crippen LogP) is 6.64. The van der Waals surface area contributed by atoms with E-state index < -0.39 is 16.1 Å². The highest BCUT2D eigenvalue weighted by Crippen LogP contribution is 2.52. The molecule has 0 aliphatic heterocycles. The monoisotopic (exact) mass is 338 g/mol. The maximum atomic E-state index is 2.58. The van der Waals surface area contributed by atoms with Crippen LogP contribution < -0.4 is 0 Å². The van der Waals surface area contributed by atoms with Gasteiger partial charge in [0.15, 0.2) is 0 Å².